The zero-order chi connectivity index (χ0) is 13.1. The lowest BCUT2D eigenvalue weighted by molar-refractivity contribution is 0.0988. The molecule has 0 aliphatic rings. The van der Waals surface area contributed by atoms with Gasteiger partial charge in [-0.15, -0.1) is 0 Å². The lowest BCUT2D eigenvalue weighted by Gasteiger charge is -2.16. The molecular weight excluding hydrogens is 226 g/mol. The Labute approximate surface area is 107 Å². The zero-order valence-electron chi connectivity index (χ0n) is 10.9. The van der Waals surface area contributed by atoms with Gasteiger partial charge in [-0.3, -0.25) is 4.79 Å². The predicted molar refractivity (Wildman–Crippen MR) is 72.5 cm³/mol. The first-order valence-electron chi connectivity index (χ1n) is 5.98. The molecule has 2 aromatic rings. The number of rotatable bonds is 4. The van der Waals surface area contributed by atoms with Gasteiger partial charge in [0.25, 0.3) is 0 Å². The molecule has 1 aromatic heterocycles. The maximum atomic E-state index is 12.0. The molecule has 0 aliphatic carbocycles. The van der Waals surface area contributed by atoms with Crippen LogP contribution in [0.3, 0.4) is 0 Å². The van der Waals surface area contributed by atoms with Crippen LogP contribution in [0.4, 0.5) is 5.69 Å². The summed E-state index contributed by atoms with van der Waals surface area (Å²) in [5, 5.41) is 4.19. The Balaban J connectivity index is 2.56. The van der Waals surface area contributed by atoms with Crippen LogP contribution in [0, 0.1) is 0 Å². The van der Waals surface area contributed by atoms with Crippen molar-refractivity contribution in [2.24, 2.45) is 0 Å². The number of anilines is 1. The van der Waals surface area contributed by atoms with Gasteiger partial charge in [-0.05, 0) is 24.3 Å². The molecule has 1 heterocycles. The molecular formula is C14H17N3O. The Hall–Kier alpha value is -2.10. The van der Waals surface area contributed by atoms with Crippen molar-refractivity contribution in [2.45, 2.75) is 13.3 Å². The number of ketones is 1. The number of carbonyl (C=O) groups is 1. The Morgan fingerprint density at radius 2 is 2.17 bits per heavy atom. The second-order valence-electron chi connectivity index (χ2n) is 4.32. The molecule has 4 heteroatoms. The average molecular weight is 243 g/mol. The fourth-order valence-corrected chi connectivity index (χ4v) is 1.83. The molecule has 0 atom stereocenters. The smallest absolute Gasteiger partial charge is 0.164 e. The number of nitrogens with zero attached hydrogens (tertiary/aromatic N) is 3. The lowest BCUT2D eigenvalue weighted by atomic mass is 10.1. The first-order chi connectivity index (χ1) is 8.63. The quantitative estimate of drug-likeness (QED) is 0.774. The van der Waals surface area contributed by atoms with Crippen LogP contribution in [-0.4, -0.2) is 29.7 Å². The molecule has 0 radical (unpaired) electrons. The molecule has 0 fully saturated rings. The van der Waals surface area contributed by atoms with E-state index in [9.17, 15) is 4.79 Å². The van der Waals surface area contributed by atoms with E-state index in [-0.39, 0.29) is 5.78 Å². The molecule has 0 aliphatic heterocycles. The van der Waals surface area contributed by atoms with Crippen molar-refractivity contribution in [1.29, 1.82) is 0 Å². The van der Waals surface area contributed by atoms with Crippen LogP contribution in [0.25, 0.3) is 5.69 Å². The summed E-state index contributed by atoms with van der Waals surface area (Å²) in [5.41, 5.74) is 2.56. The molecule has 0 saturated heterocycles. The highest BCUT2D eigenvalue weighted by molar-refractivity contribution is 6.00. The van der Waals surface area contributed by atoms with Crippen molar-refractivity contribution in [2.75, 3.05) is 19.0 Å². The fraction of sp³-hybridized carbons (Fsp3) is 0.286. The summed E-state index contributed by atoms with van der Waals surface area (Å²) in [7, 11) is 3.92. The van der Waals surface area contributed by atoms with E-state index < -0.39 is 0 Å². The molecule has 0 spiro atoms. The summed E-state index contributed by atoms with van der Waals surface area (Å²) in [6.07, 6.45) is 4.04. The van der Waals surface area contributed by atoms with Crippen LogP contribution in [0.5, 0.6) is 0 Å². The number of benzene rings is 1. The highest BCUT2D eigenvalue weighted by Crippen LogP contribution is 2.22. The largest absolute Gasteiger partial charge is 0.378 e. The predicted octanol–water partition coefficient (Wildman–Crippen LogP) is 2.53. The van der Waals surface area contributed by atoms with E-state index in [4.69, 9.17) is 0 Å². The Morgan fingerprint density at radius 3 is 2.72 bits per heavy atom. The minimum absolute atomic E-state index is 0.129. The van der Waals surface area contributed by atoms with Gasteiger partial charge < -0.3 is 4.90 Å². The van der Waals surface area contributed by atoms with E-state index in [0.29, 0.717) is 12.0 Å². The molecule has 0 unspecified atom stereocenters. The maximum Gasteiger partial charge on any atom is 0.164 e. The van der Waals surface area contributed by atoms with Gasteiger partial charge in [-0.1, -0.05) is 6.92 Å². The number of hydrogen-bond acceptors (Lipinski definition) is 3. The van der Waals surface area contributed by atoms with Crippen LogP contribution in [0.2, 0.25) is 0 Å². The number of hydrogen-bond donors (Lipinski definition) is 0. The van der Waals surface area contributed by atoms with Crippen LogP contribution >= 0.6 is 0 Å². The summed E-state index contributed by atoms with van der Waals surface area (Å²) in [5.74, 6) is 0.129. The van der Waals surface area contributed by atoms with Gasteiger partial charge in [-0.2, -0.15) is 5.10 Å². The second kappa shape index (κ2) is 5.04. The number of carbonyl (C=O) groups excluding carboxylic acids is 1. The first kappa shape index (κ1) is 12.4. The normalized spacial score (nSPS) is 10.4. The van der Waals surface area contributed by atoms with E-state index in [1.54, 1.807) is 10.9 Å². The van der Waals surface area contributed by atoms with Crippen LogP contribution < -0.4 is 4.90 Å². The highest BCUT2D eigenvalue weighted by Gasteiger charge is 2.13. The summed E-state index contributed by atoms with van der Waals surface area (Å²) in [6.45, 7) is 1.87. The molecule has 18 heavy (non-hydrogen) atoms. The Kier molecular flexibility index (Phi) is 3.46. The average Bonchev–Trinajstić information content (AvgIpc) is 2.90. The molecule has 4 nitrogen and oxygen atoms in total. The minimum atomic E-state index is 0.129. The molecule has 0 bridgehead atoms. The van der Waals surface area contributed by atoms with E-state index in [2.05, 4.69) is 5.10 Å². The van der Waals surface area contributed by atoms with Gasteiger partial charge in [0, 0.05) is 44.2 Å². The number of aromatic nitrogens is 2. The van der Waals surface area contributed by atoms with E-state index in [0.717, 1.165) is 11.4 Å². The second-order valence-corrected chi connectivity index (χ2v) is 4.32. The van der Waals surface area contributed by atoms with Gasteiger partial charge >= 0.3 is 0 Å². The Bertz CT molecular complexity index is 544. The van der Waals surface area contributed by atoms with Crippen molar-refractivity contribution in [3.05, 3.63) is 42.2 Å². The summed E-state index contributed by atoms with van der Waals surface area (Å²) in [6, 6.07) is 7.69. The third-order valence-corrected chi connectivity index (χ3v) is 2.87. The van der Waals surface area contributed by atoms with Crippen LogP contribution in [0.1, 0.15) is 23.7 Å². The Morgan fingerprint density at radius 1 is 1.39 bits per heavy atom. The van der Waals surface area contributed by atoms with E-state index >= 15 is 0 Å². The molecule has 1 aromatic carbocycles. The van der Waals surface area contributed by atoms with Gasteiger partial charge in [-0.25, -0.2) is 4.68 Å². The molecule has 0 saturated carbocycles. The third-order valence-electron chi connectivity index (χ3n) is 2.87. The van der Waals surface area contributed by atoms with Crippen LogP contribution in [0.15, 0.2) is 36.7 Å². The molecule has 0 N–H and O–H groups in total. The standard InChI is InChI=1S/C14H17N3O/c1-4-14(18)12-10-11(16(2)3)6-7-13(12)17-9-5-8-15-17/h5-10H,4H2,1-3H3. The summed E-state index contributed by atoms with van der Waals surface area (Å²) < 4.78 is 1.72. The SMILES string of the molecule is CCC(=O)c1cc(N(C)C)ccc1-n1cccn1. The monoisotopic (exact) mass is 243 g/mol. The van der Waals surface area contributed by atoms with Crippen LogP contribution in [-0.2, 0) is 0 Å². The van der Waals surface area contributed by atoms with Crippen molar-refractivity contribution in [3.8, 4) is 5.69 Å². The van der Waals surface area contributed by atoms with Gasteiger partial charge in [0.1, 0.15) is 0 Å². The van der Waals surface area contributed by atoms with Crippen molar-refractivity contribution in [3.63, 3.8) is 0 Å². The van der Waals surface area contributed by atoms with Crippen molar-refractivity contribution in [1.82, 2.24) is 9.78 Å². The lowest BCUT2D eigenvalue weighted by Crippen LogP contribution is -2.12. The summed E-state index contributed by atoms with van der Waals surface area (Å²) >= 11 is 0. The molecule has 0 amide bonds. The third kappa shape index (κ3) is 2.27. The number of Topliss-reactive ketones (excluding diaryl/α,β-unsaturated/α-hetero) is 1. The zero-order valence-corrected chi connectivity index (χ0v) is 10.9. The van der Waals surface area contributed by atoms with Gasteiger partial charge in [0.05, 0.1) is 5.69 Å². The van der Waals surface area contributed by atoms with Gasteiger partial charge in [0.15, 0.2) is 5.78 Å². The van der Waals surface area contributed by atoms with Gasteiger partial charge in [0.2, 0.25) is 0 Å². The summed E-state index contributed by atoms with van der Waals surface area (Å²) in [4.78, 5) is 14.0. The minimum Gasteiger partial charge on any atom is -0.378 e. The highest BCUT2D eigenvalue weighted by atomic mass is 16.1. The van der Waals surface area contributed by atoms with Crippen molar-refractivity contribution < 1.29 is 4.79 Å². The van der Waals surface area contributed by atoms with E-state index in [1.165, 1.54) is 0 Å². The topological polar surface area (TPSA) is 38.1 Å². The fourth-order valence-electron chi connectivity index (χ4n) is 1.83. The first-order valence-corrected chi connectivity index (χ1v) is 5.98. The molecule has 2 rings (SSSR count). The molecule has 94 valence electrons. The van der Waals surface area contributed by atoms with E-state index in [1.807, 2.05) is 56.4 Å². The van der Waals surface area contributed by atoms with Crippen molar-refractivity contribution >= 4 is 11.5 Å². The maximum absolute atomic E-state index is 12.0.